The third-order valence-electron chi connectivity index (χ3n) is 7.35. The number of aromatic nitrogens is 2. The Balaban J connectivity index is 1.47. The minimum absolute atomic E-state index is 0.0903. The smallest absolute Gasteiger partial charge is 0.274 e. The lowest BCUT2D eigenvalue weighted by Crippen LogP contribution is -2.51. The van der Waals surface area contributed by atoms with E-state index in [4.69, 9.17) is 16.7 Å². The molecule has 1 amide bonds. The Morgan fingerprint density at radius 1 is 1.00 bits per heavy atom. The van der Waals surface area contributed by atoms with Gasteiger partial charge in [-0.05, 0) is 61.4 Å². The molecule has 210 valence electrons. The predicted octanol–water partition coefficient (Wildman–Crippen LogP) is 6.27. The first-order valence-electron chi connectivity index (χ1n) is 13.4. The van der Waals surface area contributed by atoms with Gasteiger partial charge in [0.15, 0.2) is 15.5 Å². The van der Waals surface area contributed by atoms with E-state index in [0.29, 0.717) is 35.5 Å². The molecule has 0 saturated carbocycles. The topological polar surface area (TPSA) is 75.5 Å². The number of sulfone groups is 1. The number of hydrogen-bond donors (Lipinski definition) is 0. The van der Waals surface area contributed by atoms with Gasteiger partial charge in [0.05, 0.1) is 26.2 Å². The summed E-state index contributed by atoms with van der Waals surface area (Å²) in [5.41, 5.74) is 2.63. The zero-order valence-corrected chi connectivity index (χ0v) is 25.3. The largest absolute Gasteiger partial charge is 0.335 e. The number of hydrogen-bond acceptors (Lipinski definition) is 6. The summed E-state index contributed by atoms with van der Waals surface area (Å²) in [6.07, 6.45) is 3.51. The van der Waals surface area contributed by atoms with Crippen molar-refractivity contribution in [1.82, 2.24) is 19.6 Å². The van der Waals surface area contributed by atoms with Crippen LogP contribution in [0.4, 0.5) is 0 Å². The van der Waals surface area contributed by atoms with Crippen molar-refractivity contribution in [1.29, 1.82) is 0 Å². The maximum atomic E-state index is 13.6. The Morgan fingerprint density at radius 3 is 2.42 bits per heavy atom. The van der Waals surface area contributed by atoms with Crippen molar-refractivity contribution < 1.29 is 13.2 Å². The molecule has 1 aliphatic rings. The number of rotatable bonds is 8. The van der Waals surface area contributed by atoms with E-state index in [9.17, 15) is 13.2 Å². The number of carbonyl (C=O) groups is 1. The van der Waals surface area contributed by atoms with Crippen LogP contribution in [0.5, 0.6) is 0 Å². The zero-order chi connectivity index (χ0) is 28.4. The Kier molecular flexibility index (Phi) is 8.47. The van der Waals surface area contributed by atoms with Gasteiger partial charge in [-0.1, -0.05) is 49.2 Å². The lowest BCUT2D eigenvalue weighted by Gasteiger charge is -2.37. The predicted molar refractivity (Wildman–Crippen MR) is 162 cm³/mol. The fourth-order valence-electron chi connectivity index (χ4n) is 5.11. The van der Waals surface area contributed by atoms with Gasteiger partial charge in [0.2, 0.25) is 0 Å². The molecule has 10 heteroatoms. The summed E-state index contributed by atoms with van der Waals surface area (Å²) in [6.45, 7) is 7.50. The van der Waals surface area contributed by atoms with Crippen molar-refractivity contribution in [3.05, 3.63) is 77.4 Å². The molecule has 1 saturated heterocycles. The number of halogens is 1. The van der Waals surface area contributed by atoms with E-state index in [1.54, 1.807) is 28.9 Å². The number of carbonyl (C=O) groups excluding carboxylic acids is 1. The van der Waals surface area contributed by atoms with Crippen LogP contribution in [-0.2, 0) is 9.84 Å². The summed E-state index contributed by atoms with van der Waals surface area (Å²) in [6, 6.07) is 20.6. The van der Waals surface area contributed by atoms with E-state index in [1.165, 1.54) is 17.6 Å². The van der Waals surface area contributed by atoms with Crippen LogP contribution in [0.25, 0.3) is 26.7 Å². The Bertz CT molecular complexity index is 1620. The second-order valence-corrected chi connectivity index (χ2v) is 13.7. The minimum atomic E-state index is -3.32. The molecule has 2 aromatic carbocycles. The van der Waals surface area contributed by atoms with E-state index >= 15 is 0 Å². The normalized spacial score (nSPS) is 15.3. The zero-order valence-electron chi connectivity index (χ0n) is 22.9. The molecule has 1 aliphatic heterocycles. The third kappa shape index (κ3) is 6.02. The number of piperazine rings is 1. The van der Waals surface area contributed by atoms with Crippen molar-refractivity contribution in [3.63, 3.8) is 0 Å². The second kappa shape index (κ2) is 11.9. The second-order valence-electron chi connectivity index (χ2n) is 10.2. The first-order valence-corrected chi connectivity index (χ1v) is 16.5. The maximum absolute atomic E-state index is 13.6. The van der Waals surface area contributed by atoms with Crippen molar-refractivity contribution in [3.8, 4) is 26.7 Å². The first-order chi connectivity index (χ1) is 19.2. The maximum Gasteiger partial charge on any atom is 0.274 e. The highest BCUT2D eigenvalue weighted by Crippen LogP contribution is 2.37. The van der Waals surface area contributed by atoms with Crippen molar-refractivity contribution in [2.45, 2.75) is 37.6 Å². The van der Waals surface area contributed by atoms with Gasteiger partial charge in [-0.25, -0.2) is 13.1 Å². The average Bonchev–Trinajstić information content (AvgIpc) is 3.61. The molecule has 0 spiro atoms. The van der Waals surface area contributed by atoms with Gasteiger partial charge in [-0.15, -0.1) is 11.3 Å². The van der Waals surface area contributed by atoms with Gasteiger partial charge in [-0.3, -0.25) is 9.69 Å². The summed E-state index contributed by atoms with van der Waals surface area (Å²) < 4.78 is 25.9. The SMILES string of the molecule is CCCC(C)N1CCN(C(=O)c2cc(-c3ccc(-c4cccc(S(C)(=O)=O)c4)s3)n(-c3ccccc3Cl)n2)CC1. The lowest BCUT2D eigenvalue weighted by molar-refractivity contribution is 0.0569. The summed E-state index contributed by atoms with van der Waals surface area (Å²) >= 11 is 8.08. The molecule has 4 aromatic rings. The highest BCUT2D eigenvalue weighted by molar-refractivity contribution is 7.90. The Morgan fingerprint density at radius 2 is 1.73 bits per heavy atom. The molecule has 40 heavy (non-hydrogen) atoms. The molecule has 0 aliphatic carbocycles. The van der Waals surface area contributed by atoms with Crippen LogP contribution in [-0.4, -0.2) is 72.4 Å². The standard InChI is InChI=1S/C30H33ClN4O3S2/c1-4-8-21(2)33-15-17-34(18-16-33)30(36)25-20-27(35(32-25)26-12-6-5-11-24(26)31)29-14-13-28(39-29)22-9-7-10-23(19-22)40(3,37)38/h5-7,9-14,19-21H,4,8,15-18H2,1-3H3. The number of thiophene rings is 1. The molecule has 0 bridgehead atoms. The molecule has 2 aromatic heterocycles. The van der Waals surface area contributed by atoms with Gasteiger partial charge in [0.25, 0.3) is 5.91 Å². The van der Waals surface area contributed by atoms with E-state index < -0.39 is 9.84 Å². The molecule has 1 fully saturated rings. The number of amides is 1. The number of para-hydroxylation sites is 1. The van der Waals surface area contributed by atoms with Gasteiger partial charge >= 0.3 is 0 Å². The van der Waals surface area contributed by atoms with E-state index in [0.717, 1.165) is 46.9 Å². The molecular formula is C30H33ClN4O3S2. The highest BCUT2D eigenvalue weighted by atomic mass is 35.5. The summed E-state index contributed by atoms with van der Waals surface area (Å²) in [7, 11) is -3.32. The van der Waals surface area contributed by atoms with Crippen LogP contribution in [0, 0.1) is 0 Å². The van der Waals surface area contributed by atoms with Crippen LogP contribution in [0.2, 0.25) is 5.02 Å². The van der Waals surface area contributed by atoms with Crippen LogP contribution >= 0.6 is 22.9 Å². The first kappa shape index (κ1) is 28.5. The Labute approximate surface area is 244 Å². The summed E-state index contributed by atoms with van der Waals surface area (Å²) in [5.74, 6) is -0.0903. The lowest BCUT2D eigenvalue weighted by atomic mass is 10.1. The van der Waals surface area contributed by atoms with Crippen molar-refractivity contribution in [2.75, 3.05) is 32.4 Å². The van der Waals surface area contributed by atoms with E-state index in [1.807, 2.05) is 47.4 Å². The highest BCUT2D eigenvalue weighted by Gasteiger charge is 2.27. The molecule has 7 nitrogen and oxygen atoms in total. The van der Waals surface area contributed by atoms with Gasteiger partial charge in [0, 0.05) is 43.4 Å². The third-order valence-corrected chi connectivity index (χ3v) is 9.93. The number of benzene rings is 2. The fourth-order valence-corrected chi connectivity index (χ4v) is 6.99. The molecule has 0 radical (unpaired) electrons. The van der Waals surface area contributed by atoms with Gasteiger partial charge in [0.1, 0.15) is 0 Å². The van der Waals surface area contributed by atoms with Gasteiger partial charge in [-0.2, -0.15) is 5.10 Å². The van der Waals surface area contributed by atoms with E-state index in [-0.39, 0.29) is 10.8 Å². The summed E-state index contributed by atoms with van der Waals surface area (Å²) in [5, 5.41) is 5.29. The van der Waals surface area contributed by atoms with Crippen molar-refractivity contribution in [2.24, 2.45) is 0 Å². The molecular weight excluding hydrogens is 564 g/mol. The van der Waals surface area contributed by atoms with E-state index in [2.05, 4.69) is 18.7 Å². The molecule has 5 rings (SSSR count). The van der Waals surface area contributed by atoms with Crippen LogP contribution in [0.3, 0.4) is 0 Å². The molecule has 1 unspecified atom stereocenters. The van der Waals surface area contributed by atoms with Crippen LogP contribution < -0.4 is 0 Å². The molecule has 3 heterocycles. The van der Waals surface area contributed by atoms with Gasteiger partial charge < -0.3 is 4.90 Å². The van der Waals surface area contributed by atoms with Crippen molar-refractivity contribution >= 4 is 38.7 Å². The molecule has 1 atom stereocenters. The van der Waals surface area contributed by atoms with Crippen LogP contribution in [0.15, 0.2) is 71.6 Å². The fraction of sp³-hybridized carbons (Fsp3) is 0.333. The molecule has 0 N–H and O–H groups in total. The quantitative estimate of drug-likeness (QED) is 0.240. The monoisotopic (exact) mass is 596 g/mol. The Hall–Kier alpha value is -2.98. The minimum Gasteiger partial charge on any atom is -0.335 e. The average molecular weight is 597 g/mol. The van der Waals surface area contributed by atoms with Crippen LogP contribution in [0.1, 0.15) is 37.2 Å². The summed E-state index contributed by atoms with van der Waals surface area (Å²) in [4.78, 5) is 20.0. The number of nitrogens with zero attached hydrogens (tertiary/aromatic N) is 4.